The molecular formula is C10H8Br2OS. The predicted octanol–water partition coefficient (Wildman–Crippen LogP) is 4.90. The SMILES string of the molecule is Cc1cc(C(Br)c2ccoc2)sc1Br. The molecular weight excluding hydrogens is 328 g/mol. The van der Waals surface area contributed by atoms with E-state index in [0.29, 0.717) is 0 Å². The van der Waals surface area contributed by atoms with Gasteiger partial charge in [0.15, 0.2) is 0 Å². The van der Waals surface area contributed by atoms with Crippen molar-refractivity contribution in [1.82, 2.24) is 0 Å². The van der Waals surface area contributed by atoms with Crippen LogP contribution in [0.4, 0.5) is 0 Å². The Balaban J connectivity index is 2.32. The maximum Gasteiger partial charge on any atom is 0.0949 e. The first-order chi connectivity index (χ1) is 6.68. The first-order valence-electron chi connectivity index (χ1n) is 4.10. The van der Waals surface area contributed by atoms with E-state index in [-0.39, 0.29) is 4.83 Å². The third-order valence-electron chi connectivity index (χ3n) is 1.96. The molecule has 2 rings (SSSR count). The van der Waals surface area contributed by atoms with Gasteiger partial charge in [-0.15, -0.1) is 11.3 Å². The van der Waals surface area contributed by atoms with Crippen LogP contribution < -0.4 is 0 Å². The molecule has 0 aromatic carbocycles. The van der Waals surface area contributed by atoms with Crippen LogP contribution >= 0.6 is 43.2 Å². The van der Waals surface area contributed by atoms with Gasteiger partial charge in [-0.3, -0.25) is 0 Å². The van der Waals surface area contributed by atoms with E-state index in [1.807, 2.05) is 6.07 Å². The second kappa shape index (κ2) is 4.21. The fourth-order valence-corrected chi connectivity index (χ4v) is 3.44. The number of halogens is 2. The van der Waals surface area contributed by atoms with E-state index in [4.69, 9.17) is 4.42 Å². The fourth-order valence-electron chi connectivity index (χ4n) is 1.19. The van der Waals surface area contributed by atoms with E-state index in [2.05, 4.69) is 44.8 Å². The van der Waals surface area contributed by atoms with Crippen LogP contribution in [0.3, 0.4) is 0 Å². The monoisotopic (exact) mass is 334 g/mol. The van der Waals surface area contributed by atoms with Gasteiger partial charge in [0, 0.05) is 10.4 Å². The molecule has 0 aliphatic carbocycles. The smallest absolute Gasteiger partial charge is 0.0949 e. The number of alkyl halides is 1. The minimum absolute atomic E-state index is 0.233. The predicted molar refractivity (Wildman–Crippen MR) is 66.2 cm³/mol. The van der Waals surface area contributed by atoms with E-state index in [1.165, 1.54) is 14.2 Å². The summed E-state index contributed by atoms with van der Waals surface area (Å²) in [4.78, 5) is 1.52. The maximum absolute atomic E-state index is 5.06. The Morgan fingerprint density at radius 2 is 2.29 bits per heavy atom. The van der Waals surface area contributed by atoms with Crippen LogP contribution in [0.5, 0.6) is 0 Å². The van der Waals surface area contributed by atoms with Crippen molar-refractivity contribution < 1.29 is 4.42 Å². The van der Waals surface area contributed by atoms with Crippen molar-refractivity contribution in [1.29, 1.82) is 0 Å². The van der Waals surface area contributed by atoms with Gasteiger partial charge in [-0.05, 0) is 40.5 Å². The molecule has 0 saturated heterocycles. The van der Waals surface area contributed by atoms with Crippen LogP contribution in [0.25, 0.3) is 0 Å². The number of aryl methyl sites for hydroxylation is 1. The fraction of sp³-hybridized carbons (Fsp3) is 0.200. The van der Waals surface area contributed by atoms with Gasteiger partial charge >= 0.3 is 0 Å². The lowest BCUT2D eigenvalue weighted by Gasteiger charge is -2.02. The molecule has 2 heterocycles. The zero-order valence-corrected chi connectivity index (χ0v) is 11.4. The Bertz CT molecular complexity index is 400. The van der Waals surface area contributed by atoms with Gasteiger partial charge in [0.05, 0.1) is 21.1 Å². The number of thiophene rings is 1. The first-order valence-corrected chi connectivity index (χ1v) is 6.63. The van der Waals surface area contributed by atoms with Crippen molar-refractivity contribution in [2.75, 3.05) is 0 Å². The summed E-state index contributed by atoms with van der Waals surface area (Å²) in [5, 5.41) is 0. The molecule has 0 aliphatic heterocycles. The van der Waals surface area contributed by atoms with Gasteiger partial charge in [-0.2, -0.15) is 0 Å². The molecule has 14 heavy (non-hydrogen) atoms. The van der Waals surface area contributed by atoms with Gasteiger partial charge < -0.3 is 4.42 Å². The average Bonchev–Trinajstić information content (AvgIpc) is 2.76. The van der Waals surface area contributed by atoms with Gasteiger partial charge in [-0.1, -0.05) is 15.9 Å². The Morgan fingerprint density at radius 1 is 1.50 bits per heavy atom. The molecule has 0 radical (unpaired) electrons. The van der Waals surface area contributed by atoms with Crippen molar-refractivity contribution >= 4 is 43.2 Å². The van der Waals surface area contributed by atoms with Gasteiger partial charge in [0.1, 0.15) is 0 Å². The highest BCUT2D eigenvalue weighted by atomic mass is 79.9. The largest absolute Gasteiger partial charge is 0.472 e. The van der Waals surface area contributed by atoms with Crippen LogP contribution in [0.1, 0.15) is 20.8 Å². The molecule has 0 bridgehead atoms. The number of rotatable bonds is 2. The number of furan rings is 1. The summed E-state index contributed by atoms with van der Waals surface area (Å²) in [7, 11) is 0. The van der Waals surface area contributed by atoms with E-state index in [9.17, 15) is 0 Å². The van der Waals surface area contributed by atoms with Crippen molar-refractivity contribution in [3.05, 3.63) is 44.4 Å². The minimum Gasteiger partial charge on any atom is -0.472 e. The lowest BCUT2D eigenvalue weighted by molar-refractivity contribution is 0.564. The van der Waals surface area contributed by atoms with Crippen LogP contribution in [-0.2, 0) is 0 Å². The van der Waals surface area contributed by atoms with E-state index < -0.39 is 0 Å². The lowest BCUT2D eigenvalue weighted by atomic mass is 10.2. The Labute approximate surface area is 103 Å². The summed E-state index contributed by atoms with van der Waals surface area (Å²) in [5.74, 6) is 0. The summed E-state index contributed by atoms with van der Waals surface area (Å²) in [6.45, 7) is 2.10. The highest BCUT2D eigenvalue weighted by molar-refractivity contribution is 9.11. The maximum atomic E-state index is 5.06. The molecule has 2 aromatic heterocycles. The van der Waals surface area contributed by atoms with Gasteiger partial charge in [0.25, 0.3) is 0 Å². The highest BCUT2D eigenvalue weighted by Gasteiger charge is 2.14. The molecule has 74 valence electrons. The minimum atomic E-state index is 0.233. The summed E-state index contributed by atoms with van der Waals surface area (Å²) >= 11 is 8.92. The number of hydrogen-bond acceptors (Lipinski definition) is 2. The lowest BCUT2D eigenvalue weighted by Crippen LogP contribution is -1.85. The zero-order chi connectivity index (χ0) is 10.1. The van der Waals surface area contributed by atoms with Crippen LogP contribution in [0.2, 0.25) is 0 Å². The third-order valence-corrected chi connectivity index (χ3v) is 5.49. The quantitative estimate of drug-likeness (QED) is 0.712. The summed E-state index contributed by atoms with van der Waals surface area (Å²) in [6.07, 6.45) is 3.46. The van der Waals surface area contributed by atoms with Crippen LogP contribution in [0, 0.1) is 6.92 Å². The molecule has 0 fully saturated rings. The van der Waals surface area contributed by atoms with Crippen molar-refractivity contribution in [3.8, 4) is 0 Å². The summed E-state index contributed by atoms with van der Waals surface area (Å²) < 4.78 is 6.25. The molecule has 0 spiro atoms. The Morgan fingerprint density at radius 3 is 2.79 bits per heavy atom. The molecule has 0 aliphatic rings. The summed E-state index contributed by atoms with van der Waals surface area (Å²) in [5.41, 5.74) is 2.43. The van der Waals surface area contributed by atoms with Crippen LogP contribution in [-0.4, -0.2) is 0 Å². The van der Waals surface area contributed by atoms with Crippen LogP contribution in [0.15, 0.2) is 32.9 Å². The number of hydrogen-bond donors (Lipinski definition) is 0. The molecule has 2 aromatic rings. The van der Waals surface area contributed by atoms with Gasteiger partial charge in [0.2, 0.25) is 0 Å². The van der Waals surface area contributed by atoms with E-state index in [1.54, 1.807) is 23.9 Å². The van der Waals surface area contributed by atoms with Crippen molar-refractivity contribution in [3.63, 3.8) is 0 Å². The molecule has 0 amide bonds. The first kappa shape index (κ1) is 10.5. The molecule has 1 unspecified atom stereocenters. The topological polar surface area (TPSA) is 13.1 Å². The third kappa shape index (κ3) is 1.97. The highest BCUT2D eigenvalue weighted by Crippen LogP contribution is 2.38. The Kier molecular flexibility index (Phi) is 3.14. The molecule has 0 saturated carbocycles. The normalized spacial score (nSPS) is 13.1. The average molecular weight is 336 g/mol. The molecule has 0 N–H and O–H groups in total. The second-order valence-electron chi connectivity index (χ2n) is 3.02. The van der Waals surface area contributed by atoms with E-state index >= 15 is 0 Å². The molecule has 1 atom stereocenters. The second-order valence-corrected chi connectivity index (χ2v) is 6.34. The van der Waals surface area contributed by atoms with E-state index in [0.717, 1.165) is 5.56 Å². The zero-order valence-electron chi connectivity index (χ0n) is 7.46. The summed E-state index contributed by atoms with van der Waals surface area (Å²) in [6, 6.07) is 4.16. The standard InChI is InChI=1S/C10H8Br2OS/c1-6-4-8(14-10(6)12)9(11)7-2-3-13-5-7/h2-5,9H,1H3. The van der Waals surface area contributed by atoms with Gasteiger partial charge in [-0.25, -0.2) is 0 Å². The van der Waals surface area contributed by atoms with Crippen molar-refractivity contribution in [2.45, 2.75) is 11.8 Å². The molecule has 1 nitrogen and oxygen atoms in total. The Hall–Kier alpha value is -0.0600. The van der Waals surface area contributed by atoms with Crippen molar-refractivity contribution in [2.24, 2.45) is 0 Å². The molecule has 4 heteroatoms.